The highest BCUT2D eigenvalue weighted by Gasteiger charge is 2.26. The molecule has 0 bridgehead atoms. The first kappa shape index (κ1) is 11.5. The molecular weight excluding hydrogens is 198 g/mol. The molecule has 1 aromatic rings. The van der Waals surface area contributed by atoms with Gasteiger partial charge in [-0.25, -0.2) is 9.97 Å². The third-order valence-electron chi connectivity index (χ3n) is 3.89. The van der Waals surface area contributed by atoms with Crippen LogP contribution in [0, 0.1) is 11.8 Å². The Morgan fingerprint density at radius 1 is 1.25 bits per heavy atom. The van der Waals surface area contributed by atoms with E-state index in [-0.39, 0.29) is 0 Å². The molecule has 1 aliphatic carbocycles. The molecule has 1 N–H and O–H groups in total. The fraction of sp³-hybridized carbons (Fsp3) is 0.692. The molecule has 3 nitrogen and oxygen atoms in total. The van der Waals surface area contributed by atoms with Gasteiger partial charge < -0.3 is 5.32 Å². The molecule has 16 heavy (non-hydrogen) atoms. The molecule has 1 aliphatic rings. The minimum absolute atomic E-state index is 0.656. The summed E-state index contributed by atoms with van der Waals surface area (Å²) >= 11 is 0. The zero-order chi connectivity index (χ0) is 11.4. The fourth-order valence-electron chi connectivity index (χ4n) is 2.54. The Balaban J connectivity index is 1.85. The molecule has 0 aliphatic heterocycles. The summed E-state index contributed by atoms with van der Waals surface area (Å²) in [6.07, 6.45) is 9.39. The van der Waals surface area contributed by atoms with Crippen LogP contribution in [0.1, 0.15) is 38.7 Å². The largest absolute Gasteiger partial charge is 0.310 e. The summed E-state index contributed by atoms with van der Waals surface area (Å²) in [5.41, 5.74) is 1.17. The molecule has 3 heteroatoms. The van der Waals surface area contributed by atoms with Crippen molar-refractivity contribution in [3.05, 3.63) is 24.3 Å². The molecular formula is C13H21N3. The van der Waals surface area contributed by atoms with Gasteiger partial charge in [-0.3, -0.25) is 0 Å². The van der Waals surface area contributed by atoms with Gasteiger partial charge >= 0.3 is 0 Å². The standard InChI is InChI=1S/C13H21N3/c1-10-4-3-5-13(11(10)2)16-8-12-6-14-9-15-7-12/h6-7,9-11,13,16H,3-5,8H2,1-2H3. The van der Waals surface area contributed by atoms with Crippen LogP contribution in [0.2, 0.25) is 0 Å². The van der Waals surface area contributed by atoms with E-state index < -0.39 is 0 Å². The van der Waals surface area contributed by atoms with Crippen molar-refractivity contribution in [2.75, 3.05) is 0 Å². The van der Waals surface area contributed by atoms with Crippen molar-refractivity contribution in [3.8, 4) is 0 Å². The number of hydrogen-bond acceptors (Lipinski definition) is 3. The second-order valence-corrected chi connectivity index (χ2v) is 5.00. The van der Waals surface area contributed by atoms with Gasteiger partial charge in [0.25, 0.3) is 0 Å². The summed E-state index contributed by atoms with van der Waals surface area (Å²) in [5.74, 6) is 1.62. The first-order valence-corrected chi connectivity index (χ1v) is 6.24. The summed E-state index contributed by atoms with van der Waals surface area (Å²) in [4.78, 5) is 8.06. The zero-order valence-electron chi connectivity index (χ0n) is 10.2. The normalized spacial score (nSPS) is 30.2. The SMILES string of the molecule is CC1CCCC(NCc2cncnc2)C1C. The lowest BCUT2D eigenvalue weighted by molar-refractivity contribution is 0.206. The van der Waals surface area contributed by atoms with Crippen molar-refractivity contribution < 1.29 is 0 Å². The van der Waals surface area contributed by atoms with Gasteiger partial charge in [-0.1, -0.05) is 26.7 Å². The Bertz CT molecular complexity index is 312. The monoisotopic (exact) mass is 219 g/mol. The maximum Gasteiger partial charge on any atom is 0.115 e. The van der Waals surface area contributed by atoms with Crippen LogP contribution >= 0.6 is 0 Å². The minimum atomic E-state index is 0.656. The Morgan fingerprint density at radius 2 is 2.00 bits per heavy atom. The smallest absolute Gasteiger partial charge is 0.115 e. The van der Waals surface area contributed by atoms with Gasteiger partial charge in [0.2, 0.25) is 0 Å². The Morgan fingerprint density at radius 3 is 2.75 bits per heavy atom. The fourth-order valence-corrected chi connectivity index (χ4v) is 2.54. The maximum absolute atomic E-state index is 4.03. The van der Waals surface area contributed by atoms with Crippen LogP contribution in [0.4, 0.5) is 0 Å². The van der Waals surface area contributed by atoms with E-state index in [0.29, 0.717) is 6.04 Å². The summed E-state index contributed by atoms with van der Waals surface area (Å²) < 4.78 is 0. The van der Waals surface area contributed by atoms with Crippen molar-refractivity contribution in [1.82, 2.24) is 15.3 Å². The second-order valence-electron chi connectivity index (χ2n) is 5.00. The quantitative estimate of drug-likeness (QED) is 0.848. The van der Waals surface area contributed by atoms with E-state index in [1.54, 1.807) is 6.33 Å². The van der Waals surface area contributed by atoms with Gasteiger partial charge in [-0.2, -0.15) is 0 Å². The Hall–Kier alpha value is -0.960. The molecule has 0 saturated heterocycles. The third kappa shape index (κ3) is 2.79. The molecule has 3 atom stereocenters. The second kappa shape index (κ2) is 5.39. The number of hydrogen-bond donors (Lipinski definition) is 1. The van der Waals surface area contributed by atoms with Gasteiger partial charge in [0.15, 0.2) is 0 Å². The van der Waals surface area contributed by atoms with Gasteiger partial charge in [-0.05, 0) is 18.3 Å². The lowest BCUT2D eigenvalue weighted by atomic mass is 9.78. The highest BCUT2D eigenvalue weighted by Crippen LogP contribution is 2.29. The molecule has 1 aromatic heterocycles. The summed E-state index contributed by atoms with van der Waals surface area (Å²) in [6.45, 7) is 5.62. The van der Waals surface area contributed by atoms with Crippen LogP contribution in [-0.4, -0.2) is 16.0 Å². The van der Waals surface area contributed by atoms with Crippen LogP contribution in [0.3, 0.4) is 0 Å². The zero-order valence-corrected chi connectivity index (χ0v) is 10.2. The van der Waals surface area contributed by atoms with E-state index in [2.05, 4.69) is 29.1 Å². The topological polar surface area (TPSA) is 37.8 Å². The van der Waals surface area contributed by atoms with Crippen molar-refractivity contribution >= 4 is 0 Å². The first-order valence-electron chi connectivity index (χ1n) is 6.24. The van der Waals surface area contributed by atoms with Crippen molar-refractivity contribution in [2.45, 2.75) is 45.7 Å². The maximum atomic E-state index is 4.03. The third-order valence-corrected chi connectivity index (χ3v) is 3.89. The van der Waals surface area contributed by atoms with E-state index >= 15 is 0 Å². The molecule has 88 valence electrons. The van der Waals surface area contributed by atoms with E-state index in [9.17, 15) is 0 Å². The number of rotatable bonds is 3. The van der Waals surface area contributed by atoms with E-state index in [1.165, 1.54) is 24.8 Å². The molecule has 0 aromatic carbocycles. The number of nitrogens with zero attached hydrogens (tertiary/aromatic N) is 2. The average molecular weight is 219 g/mol. The molecule has 1 heterocycles. The highest BCUT2D eigenvalue weighted by molar-refractivity contribution is 5.02. The molecule has 1 fully saturated rings. The minimum Gasteiger partial charge on any atom is -0.310 e. The van der Waals surface area contributed by atoms with Crippen LogP contribution < -0.4 is 5.32 Å². The Labute approximate surface area is 97.7 Å². The predicted molar refractivity (Wildman–Crippen MR) is 64.8 cm³/mol. The summed E-state index contributed by atoms with van der Waals surface area (Å²) in [5, 5.41) is 3.64. The van der Waals surface area contributed by atoms with E-state index in [1.807, 2.05) is 12.4 Å². The van der Waals surface area contributed by atoms with Crippen LogP contribution in [0.25, 0.3) is 0 Å². The lowest BCUT2D eigenvalue weighted by Gasteiger charge is -2.34. The molecule has 0 spiro atoms. The van der Waals surface area contributed by atoms with E-state index in [4.69, 9.17) is 0 Å². The molecule has 2 rings (SSSR count). The van der Waals surface area contributed by atoms with Crippen LogP contribution in [0.15, 0.2) is 18.7 Å². The lowest BCUT2D eigenvalue weighted by Crippen LogP contribution is -2.40. The summed E-state index contributed by atoms with van der Waals surface area (Å²) in [7, 11) is 0. The van der Waals surface area contributed by atoms with Crippen LogP contribution in [-0.2, 0) is 6.54 Å². The van der Waals surface area contributed by atoms with Crippen molar-refractivity contribution in [1.29, 1.82) is 0 Å². The van der Waals surface area contributed by atoms with E-state index in [0.717, 1.165) is 18.4 Å². The molecule has 1 saturated carbocycles. The van der Waals surface area contributed by atoms with Crippen molar-refractivity contribution in [3.63, 3.8) is 0 Å². The van der Waals surface area contributed by atoms with Gasteiger partial charge in [-0.15, -0.1) is 0 Å². The van der Waals surface area contributed by atoms with Gasteiger partial charge in [0, 0.05) is 30.5 Å². The predicted octanol–water partition coefficient (Wildman–Crippen LogP) is 2.39. The van der Waals surface area contributed by atoms with Gasteiger partial charge in [0.1, 0.15) is 6.33 Å². The Kier molecular flexibility index (Phi) is 3.88. The first-order chi connectivity index (χ1) is 7.77. The average Bonchev–Trinajstić information content (AvgIpc) is 2.32. The van der Waals surface area contributed by atoms with Crippen LogP contribution in [0.5, 0.6) is 0 Å². The number of aromatic nitrogens is 2. The van der Waals surface area contributed by atoms with Crippen molar-refractivity contribution in [2.24, 2.45) is 11.8 Å². The molecule has 0 radical (unpaired) electrons. The molecule has 0 amide bonds. The summed E-state index contributed by atoms with van der Waals surface area (Å²) in [6, 6.07) is 0.656. The number of nitrogens with one attached hydrogen (secondary N) is 1. The van der Waals surface area contributed by atoms with Gasteiger partial charge in [0.05, 0.1) is 0 Å². The highest BCUT2D eigenvalue weighted by atomic mass is 14.9. The molecule has 3 unspecified atom stereocenters.